The summed E-state index contributed by atoms with van der Waals surface area (Å²) >= 11 is 0. The van der Waals surface area contributed by atoms with Crippen LogP contribution in [0.1, 0.15) is 34.9 Å². The van der Waals surface area contributed by atoms with Gasteiger partial charge in [0.1, 0.15) is 12.8 Å². The highest BCUT2D eigenvalue weighted by atomic mass is 16.5. The fourth-order valence-corrected chi connectivity index (χ4v) is 3.36. The molecule has 134 valence electrons. The van der Waals surface area contributed by atoms with Crippen LogP contribution in [0.4, 0.5) is 5.69 Å². The van der Waals surface area contributed by atoms with E-state index < -0.39 is 0 Å². The van der Waals surface area contributed by atoms with Gasteiger partial charge in [-0.3, -0.25) is 4.79 Å². The number of para-hydroxylation sites is 1. The first-order valence-corrected chi connectivity index (χ1v) is 8.83. The number of anilines is 1. The smallest absolute Gasteiger partial charge is 0.258 e. The third-order valence-corrected chi connectivity index (χ3v) is 4.76. The molecule has 0 bridgehead atoms. The van der Waals surface area contributed by atoms with Crippen molar-refractivity contribution in [3.63, 3.8) is 0 Å². The molecule has 0 aromatic heterocycles. The van der Waals surface area contributed by atoms with Gasteiger partial charge in [-0.25, -0.2) is 0 Å². The van der Waals surface area contributed by atoms with Crippen molar-refractivity contribution in [2.45, 2.75) is 25.0 Å². The van der Waals surface area contributed by atoms with E-state index in [9.17, 15) is 4.79 Å². The standard InChI is InChI=1S/C21H22N2O3/c1-3-12-26-18-11-8-14(13-19(18)25-2)20-22-17-7-5-4-6-16(17)21(24)23(20)15-9-10-15/h3-8,11,13,15,20,22H,1,9-10,12H2,2H3. The number of ether oxygens (including phenoxy) is 2. The largest absolute Gasteiger partial charge is 0.493 e. The van der Waals surface area contributed by atoms with E-state index in [1.807, 2.05) is 47.4 Å². The molecule has 1 fully saturated rings. The summed E-state index contributed by atoms with van der Waals surface area (Å²) < 4.78 is 11.1. The van der Waals surface area contributed by atoms with Crippen LogP contribution in [0, 0.1) is 0 Å². The highest BCUT2D eigenvalue weighted by molar-refractivity contribution is 6.02. The molecule has 26 heavy (non-hydrogen) atoms. The van der Waals surface area contributed by atoms with Gasteiger partial charge in [0.25, 0.3) is 5.91 Å². The number of hydrogen-bond acceptors (Lipinski definition) is 4. The number of nitrogens with one attached hydrogen (secondary N) is 1. The second-order valence-corrected chi connectivity index (χ2v) is 6.55. The van der Waals surface area contributed by atoms with Crippen LogP contribution in [0.3, 0.4) is 0 Å². The van der Waals surface area contributed by atoms with E-state index in [1.54, 1.807) is 13.2 Å². The summed E-state index contributed by atoms with van der Waals surface area (Å²) in [5.74, 6) is 1.39. The average Bonchev–Trinajstić information content (AvgIpc) is 3.51. The average molecular weight is 350 g/mol. The van der Waals surface area contributed by atoms with Crippen LogP contribution >= 0.6 is 0 Å². The highest BCUT2D eigenvalue weighted by Gasteiger charge is 2.42. The molecular formula is C21H22N2O3. The van der Waals surface area contributed by atoms with Crippen LogP contribution in [0.15, 0.2) is 55.1 Å². The number of carbonyl (C=O) groups is 1. The maximum Gasteiger partial charge on any atom is 0.258 e. The summed E-state index contributed by atoms with van der Waals surface area (Å²) in [5.41, 5.74) is 2.57. The zero-order valence-electron chi connectivity index (χ0n) is 14.8. The predicted octanol–water partition coefficient (Wildman–Crippen LogP) is 3.99. The molecule has 1 aliphatic carbocycles. The number of rotatable bonds is 6. The highest BCUT2D eigenvalue weighted by Crippen LogP contribution is 2.42. The molecule has 1 amide bonds. The first kappa shape index (κ1) is 16.5. The molecule has 1 heterocycles. The monoisotopic (exact) mass is 350 g/mol. The fraction of sp³-hybridized carbons (Fsp3) is 0.286. The molecule has 4 rings (SSSR count). The Kier molecular flexibility index (Phi) is 4.29. The Morgan fingerprint density at radius 3 is 2.77 bits per heavy atom. The quantitative estimate of drug-likeness (QED) is 0.801. The van der Waals surface area contributed by atoms with Crippen molar-refractivity contribution in [1.82, 2.24) is 4.90 Å². The molecule has 0 radical (unpaired) electrons. The number of benzene rings is 2. The first-order chi connectivity index (χ1) is 12.7. The van der Waals surface area contributed by atoms with Gasteiger partial charge in [0.05, 0.1) is 12.7 Å². The predicted molar refractivity (Wildman–Crippen MR) is 101 cm³/mol. The van der Waals surface area contributed by atoms with Crippen molar-refractivity contribution in [1.29, 1.82) is 0 Å². The molecule has 1 atom stereocenters. The maximum atomic E-state index is 13.1. The molecule has 0 saturated heterocycles. The molecule has 5 heteroatoms. The van der Waals surface area contributed by atoms with Gasteiger partial charge in [-0.15, -0.1) is 0 Å². The normalized spacial score (nSPS) is 18.7. The molecule has 0 spiro atoms. The van der Waals surface area contributed by atoms with Gasteiger partial charge in [-0.05, 0) is 42.7 Å². The molecular weight excluding hydrogens is 328 g/mol. The van der Waals surface area contributed by atoms with Gasteiger partial charge in [0, 0.05) is 11.7 Å². The summed E-state index contributed by atoms with van der Waals surface area (Å²) in [5, 5.41) is 3.52. The fourth-order valence-electron chi connectivity index (χ4n) is 3.36. The molecule has 2 aromatic rings. The van der Waals surface area contributed by atoms with Crippen molar-refractivity contribution in [3.05, 3.63) is 66.2 Å². The summed E-state index contributed by atoms with van der Waals surface area (Å²) in [6.45, 7) is 4.08. The second-order valence-electron chi connectivity index (χ2n) is 6.55. The van der Waals surface area contributed by atoms with Crippen LogP contribution in [0.25, 0.3) is 0 Å². The van der Waals surface area contributed by atoms with Crippen molar-refractivity contribution >= 4 is 11.6 Å². The minimum absolute atomic E-state index is 0.0813. The SMILES string of the molecule is C=CCOc1ccc(C2Nc3ccccc3C(=O)N2C2CC2)cc1OC. The first-order valence-electron chi connectivity index (χ1n) is 8.83. The van der Waals surface area contributed by atoms with Gasteiger partial charge in [-0.2, -0.15) is 0 Å². The van der Waals surface area contributed by atoms with Crippen molar-refractivity contribution < 1.29 is 14.3 Å². The van der Waals surface area contributed by atoms with Crippen LogP contribution < -0.4 is 14.8 Å². The minimum Gasteiger partial charge on any atom is -0.493 e. The number of fused-ring (bicyclic) bond motifs is 1. The lowest BCUT2D eigenvalue weighted by Crippen LogP contribution is -2.44. The topological polar surface area (TPSA) is 50.8 Å². The van der Waals surface area contributed by atoms with E-state index in [4.69, 9.17) is 9.47 Å². The third-order valence-electron chi connectivity index (χ3n) is 4.76. The van der Waals surface area contributed by atoms with Gasteiger partial charge in [0.15, 0.2) is 11.5 Å². The molecule has 5 nitrogen and oxygen atoms in total. The second kappa shape index (κ2) is 6.75. The van der Waals surface area contributed by atoms with E-state index in [-0.39, 0.29) is 18.1 Å². The molecule has 2 aliphatic rings. The third kappa shape index (κ3) is 2.90. The summed E-state index contributed by atoms with van der Waals surface area (Å²) in [6.07, 6.45) is 3.57. The Morgan fingerprint density at radius 2 is 2.04 bits per heavy atom. The lowest BCUT2D eigenvalue weighted by molar-refractivity contribution is 0.0666. The van der Waals surface area contributed by atoms with Crippen molar-refractivity contribution in [3.8, 4) is 11.5 Å². The Morgan fingerprint density at radius 1 is 1.23 bits per heavy atom. The van der Waals surface area contributed by atoms with E-state index >= 15 is 0 Å². The van der Waals surface area contributed by atoms with E-state index in [1.165, 1.54) is 0 Å². The van der Waals surface area contributed by atoms with E-state index in [0.717, 1.165) is 29.7 Å². The Bertz CT molecular complexity index is 845. The number of carbonyl (C=O) groups excluding carboxylic acids is 1. The lowest BCUT2D eigenvalue weighted by atomic mass is 10.0. The Hall–Kier alpha value is -2.95. The van der Waals surface area contributed by atoms with E-state index in [2.05, 4.69) is 11.9 Å². The van der Waals surface area contributed by atoms with Crippen LogP contribution in [0.2, 0.25) is 0 Å². The van der Waals surface area contributed by atoms with Crippen LogP contribution in [0.5, 0.6) is 11.5 Å². The molecule has 2 aromatic carbocycles. The molecule has 1 saturated carbocycles. The Balaban J connectivity index is 1.71. The minimum atomic E-state index is -0.216. The molecule has 1 aliphatic heterocycles. The number of methoxy groups -OCH3 is 1. The lowest BCUT2D eigenvalue weighted by Gasteiger charge is -2.38. The summed E-state index contributed by atoms with van der Waals surface area (Å²) in [6, 6.07) is 13.8. The van der Waals surface area contributed by atoms with Gasteiger partial charge >= 0.3 is 0 Å². The summed E-state index contributed by atoms with van der Waals surface area (Å²) in [7, 11) is 1.62. The van der Waals surface area contributed by atoms with Gasteiger partial charge in [0.2, 0.25) is 0 Å². The number of nitrogens with zero attached hydrogens (tertiary/aromatic N) is 1. The van der Waals surface area contributed by atoms with Gasteiger partial charge in [-0.1, -0.05) is 30.9 Å². The number of amides is 1. The summed E-state index contributed by atoms with van der Waals surface area (Å²) in [4.78, 5) is 15.0. The van der Waals surface area contributed by atoms with E-state index in [0.29, 0.717) is 18.1 Å². The van der Waals surface area contributed by atoms with Gasteiger partial charge < -0.3 is 19.7 Å². The van der Waals surface area contributed by atoms with Crippen LogP contribution in [-0.2, 0) is 0 Å². The van der Waals surface area contributed by atoms with Crippen molar-refractivity contribution in [2.24, 2.45) is 0 Å². The Labute approximate surface area is 153 Å². The maximum absolute atomic E-state index is 13.1. The molecule has 1 N–H and O–H groups in total. The van der Waals surface area contributed by atoms with Crippen molar-refractivity contribution in [2.75, 3.05) is 19.0 Å². The zero-order chi connectivity index (χ0) is 18.1. The zero-order valence-corrected chi connectivity index (χ0v) is 14.8. The van der Waals surface area contributed by atoms with Crippen LogP contribution in [-0.4, -0.2) is 30.6 Å². The number of hydrogen-bond donors (Lipinski definition) is 1. The molecule has 1 unspecified atom stereocenters.